The quantitative estimate of drug-likeness (QED) is 0.792. The van der Waals surface area contributed by atoms with E-state index in [-0.39, 0.29) is 11.7 Å². The van der Waals surface area contributed by atoms with Crippen LogP contribution >= 0.6 is 11.6 Å². The van der Waals surface area contributed by atoms with E-state index in [4.69, 9.17) is 21.8 Å². The number of oxazole rings is 1. The summed E-state index contributed by atoms with van der Waals surface area (Å²) < 4.78 is 5.12. The highest BCUT2D eigenvalue weighted by molar-refractivity contribution is 6.30. The van der Waals surface area contributed by atoms with Gasteiger partial charge in [0.2, 0.25) is 0 Å². The zero-order valence-electron chi connectivity index (χ0n) is 7.61. The minimum atomic E-state index is -0.0351. The number of hydrogen-bond acceptors (Lipinski definition) is 4. The summed E-state index contributed by atoms with van der Waals surface area (Å²) in [5.41, 5.74) is 6.21. The number of carbonyl (C=O) groups excluding carboxylic acids is 1. The normalized spacial score (nSPS) is 10.2. The Bertz CT molecular complexity index is 508. The van der Waals surface area contributed by atoms with Gasteiger partial charge in [-0.2, -0.15) is 4.98 Å². The maximum atomic E-state index is 10.7. The molecular weight excluding hydrogens is 216 g/mol. The molecule has 0 unspecified atom stereocenters. The summed E-state index contributed by atoms with van der Waals surface area (Å²) >= 11 is 5.82. The van der Waals surface area contributed by atoms with Gasteiger partial charge in [-0.3, -0.25) is 4.79 Å². The molecule has 0 saturated heterocycles. The summed E-state index contributed by atoms with van der Waals surface area (Å²) in [5.74, 6) is 0.338. The second kappa shape index (κ2) is 3.74. The number of nitrogen functional groups attached to an aromatic ring is 1. The Morgan fingerprint density at radius 2 is 2.27 bits per heavy atom. The maximum Gasteiger partial charge on any atom is 0.293 e. The van der Waals surface area contributed by atoms with E-state index in [2.05, 4.69) is 4.98 Å². The van der Waals surface area contributed by atoms with Crippen molar-refractivity contribution in [3.63, 3.8) is 0 Å². The van der Waals surface area contributed by atoms with Crippen LogP contribution in [-0.4, -0.2) is 11.3 Å². The number of nitrogens with zero attached hydrogens (tertiary/aromatic N) is 1. The van der Waals surface area contributed by atoms with Crippen LogP contribution in [0.5, 0.6) is 0 Å². The van der Waals surface area contributed by atoms with E-state index in [1.54, 1.807) is 24.3 Å². The molecule has 2 rings (SSSR count). The van der Waals surface area contributed by atoms with Crippen LogP contribution in [0.1, 0.15) is 10.5 Å². The smallest absolute Gasteiger partial charge is 0.293 e. The van der Waals surface area contributed by atoms with Crippen molar-refractivity contribution in [1.82, 2.24) is 4.98 Å². The summed E-state index contributed by atoms with van der Waals surface area (Å²) in [4.78, 5) is 14.4. The minimum absolute atomic E-state index is 0.0351. The zero-order chi connectivity index (χ0) is 10.8. The average Bonchev–Trinajstić information content (AvgIpc) is 2.59. The number of rotatable bonds is 2. The number of benzene rings is 1. The Balaban J connectivity index is 2.57. The van der Waals surface area contributed by atoms with Gasteiger partial charge in [-0.05, 0) is 12.1 Å². The first-order valence-electron chi connectivity index (χ1n) is 4.18. The molecule has 5 heteroatoms. The molecule has 0 amide bonds. The molecular formula is C10H7ClN2O2. The van der Waals surface area contributed by atoms with Crippen LogP contribution < -0.4 is 5.73 Å². The van der Waals surface area contributed by atoms with Gasteiger partial charge in [0.15, 0.2) is 17.7 Å². The lowest BCUT2D eigenvalue weighted by molar-refractivity contribution is 0.112. The van der Waals surface area contributed by atoms with Crippen LogP contribution in [-0.2, 0) is 0 Å². The first kappa shape index (κ1) is 9.73. The van der Waals surface area contributed by atoms with Gasteiger partial charge in [-0.15, -0.1) is 0 Å². The molecule has 4 nitrogen and oxygen atoms in total. The first-order valence-corrected chi connectivity index (χ1v) is 4.56. The van der Waals surface area contributed by atoms with E-state index in [0.29, 0.717) is 22.6 Å². The molecule has 15 heavy (non-hydrogen) atoms. The van der Waals surface area contributed by atoms with Gasteiger partial charge in [-0.25, -0.2) is 0 Å². The van der Waals surface area contributed by atoms with Crippen molar-refractivity contribution in [3.05, 3.63) is 35.0 Å². The van der Waals surface area contributed by atoms with Crippen molar-refractivity contribution in [2.24, 2.45) is 0 Å². The van der Waals surface area contributed by atoms with Gasteiger partial charge in [0.1, 0.15) is 0 Å². The average molecular weight is 223 g/mol. The lowest BCUT2D eigenvalue weighted by atomic mass is 10.1. The lowest BCUT2D eigenvalue weighted by Crippen LogP contribution is -1.85. The molecule has 0 aliphatic heterocycles. The fourth-order valence-electron chi connectivity index (χ4n) is 1.27. The van der Waals surface area contributed by atoms with Gasteiger partial charge in [0, 0.05) is 10.6 Å². The molecule has 0 atom stereocenters. The van der Waals surface area contributed by atoms with Crippen LogP contribution in [0.25, 0.3) is 11.3 Å². The standard InChI is InChI=1S/C10H7ClN2O2/c11-7-3-1-2-6(4-7)9-8(5-14)13-10(12)15-9/h1-5H,(H2,12,13). The van der Waals surface area contributed by atoms with Gasteiger partial charge in [0.05, 0.1) is 0 Å². The number of carbonyl (C=O) groups is 1. The summed E-state index contributed by atoms with van der Waals surface area (Å²) in [6.07, 6.45) is 0.593. The van der Waals surface area contributed by atoms with Gasteiger partial charge < -0.3 is 10.2 Å². The third-order valence-electron chi connectivity index (χ3n) is 1.87. The molecule has 0 saturated carbocycles. The first-order chi connectivity index (χ1) is 7.20. The Labute approximate surface area is 90.7 Å². The molecule has 1 aromatic carbocycles. The molecule has 1 heterocycles. The van der Waals surface area contributed by atoms with E-state index < -0.39 is 0 Å². The zero-order valence-corrected chi connectivity index (χ0v) is 8.36. The van der Waals surface area contributed by atoms with E-state index >= 15 is 0 Å². The fraction of sp³-hybridized carbons (Fsp3) is 0. The van der Waals surface area contributed by atoms with Crippen LogP contribution in [0.2, 0.25) is 5.02 Å². The highest BCUT2D eigenvalue weighted by atomic mass is 35.5. The largest absolute Gasteiger partial charge is 0.423 e. The van der Waals surface area contributed by atoms with Crippen molar-refractivity contribution < 1.29 is 9.21 Å². The highest BCUT2D eigenvalue weighted by Crippen LogP contribution is 2.26. The number of aldehydes is 1. The van der Waals surface area contributed by atoms with Crippen molar-refractivity contribution in [2.75, 3.05) is 5.73 Å². The molecule has 1 aromatic heterocycles. The van der Waals surface area contributed by atoms with Crippen molar-refractivity contribution >= 4 is 23.9 Å². The minimum Gasteiger partial charge on any atom is -0.423 e. The second-order valence-corrected chi connectivity index (χ2v) is 3.33. The van der Waals surface area contributed by atoms with E-state index in [1.165, 1.54) is 0 Å². The third kappa shape index (κ3) is 1.85. The van der Waals surface area contributed by atoms with Gasteiger partial charge in [-0.1, -0.05) is 23.7 Å². The van der Waals surface area contributed by atoms with Gasteiger partial charge in [0.25, 0.3) is 6.01 Å². The lowest BCUT2D eigenvalue weighted by Gasteiger charge is -1.97. The molecule has 0 bridgehead atoms. The van der Waals surface area contributed by atoms with E-state index in [1.807, 2.05) is 0 Å². The third-order valence-corrected chi connectivity index (χ3v) is 2.10. The number of hydrogen-bond donors (Lipinski definition) is 1. The Morgan fingerprint density at radius 1 is 1.47 bits per heavy atom. The van der Waals surface area contributed by atoms with E-state index in [0.717, 1.165) is 0 Å². The Kier molecular flexibility index (Phi) is 2.43. The van der Waals surface area contributed by atoms with Crippen LogP contribution in [0, 0.1) is 0 Å². The number of halogens is 1. The number of aromatic nitrogens is 1. The molecule has 2 N–H and O–H groups in total. The number of nitrogens with two attached hydrogens (primary N) is 1. The van der Waals surface area contributed by atoms with Crippen LogP contribution in [0.15, 0.2) is 28.7 Å². The Morgan fingerprint density at radius 3 is 2.93 bits per heavy atom. The molecule has 2 aromatic rings. The SMILES string of the molecule is Nc1nc(C=O)c(-c2cccc(Cl)c2)o1. The summed E-state index contributed by atoms with van der Waals surface area (Å²) in [6.45, 7) is 0. The van der Waals surface area contributed by atoms with E-state index in [9.17, 15) is 4.79 Å². The number of anilines is 1. The molecule has 0 aliphatic rings. The summed E-state index contributed by atoms with van der Waals surface area (Å²) in [5, 5.41) is 0.555. The second-order valence-electron chi connectivity index (χ2n) is 2.89. The predicted molar refractivity (Wildman–Crippen MR) is 56.7 cm³/mol. The van der Waals surface area contributed by atoms with Crippen molar-refractivity contribution in [3.8, 4) is 11.3 Å². The molecule has 0 aliphatic carbocycles. The topological polar surface area (TPSA) is 69.1 Å². The summed E-state index contributed by atoms with van der Waals surface area (Å²) in [6, 6.07) is 6.89. The van der Waals surface area contributed by atoms with Crippen molar-refractivity contribution in [1.29, 1.82) is 0 Å². The molecule has 0 fully saturated rings. The summed E-state index contributed by atoms with van der Waals surface area (Å²) in [7, 11) is 0. The highest BCUT2D eigenvalue weighted by Gasteiger charge is 2.12. The van der Waals surface area contributed by atoms with Crippen LogP contribution in [0.3, 0.4) is 0 Å². The van der Waals surface area contributed by atoms with Crippen LogP contribution in [0.4, 0.5) is 6.01 Å². The predicted octanol–water partition coefficient (Wildman–Crippen LogP) is 2.39. The maximum absolute atomic E-state index is 10.7. The van der Waals surface area contributed by atoms with Crippen molar-refractivity contribution in [2.45, 2.75) is 0 Å². The molecule has 0 spiro atoms. The fourth-order valence-corrected chi connectivity index (χ4v) is 1.46. The Hall–Kier alpha value is -1.81. The molecule has 0 radical (unpaired) electrons. The van der Waals surface area contributed by atoms with Gasteiger partial charge >= 0.3 is 0 Å². The molecule has 76 valence electrons. The monoisotopic (exact) mass is 222 g/mol.